The molecule has 1 aromatic carbocycles. The van der Waals surface area contributed by atoms with E-state index in [2.05, 4.69) is 48.5 Å². The Morgan fingerprint density at radius 2 is 1.11 bits per heavy atom. The molecule has 0 bridgehead atoms. The molecule has 0 heterocycles. The number of phenolic OH excluding ortho intramolecular Hbond substituents is 1. The Bertz CT molecular complexity index is 795. The summed E-state index contributed by atoms with van der Waals surface area (Å²) >= 11 is 0. The molecule has 0 aromatic heterocycles. The highest BCUT2D eigenvalue weighted by Gasteiger charge is 2.31. The molecule has 220 valence electrons. The number of benzene rings is 1. The van der Waals surface area contributed by atoms with Gasteiger partial charge in [-0.25, -0.2) is 0 Å². The highest BCUT2D eigenvalue weighted by Crippen LogP contribution is 2.45. The third-order valence-corrected chi connectivity index (χ3v) is 7.72. The van der Waals surface area contributed by atoms with Crippen LogP contribution in [0.25, 0.3) is 0 Å². The van der Waals surface area contributed by atoms with Crippen molar-refractivity contribution in [3.8, 4) is 11.5 Å². The first kappa shape index (κ1) is 34.5. The molecule has 0 radical (unpaired) electrons. The minimum Gasteiger partial charge on any atom is -0.507 e. The fourth-order valence-electron chi connectivity index (χ4n) is 5.45. The first-order chi connectivity index (χ1) is 17.9. The molecule has 0 saturated carbocycles. The maximum Gasteiger partial charge on any atom is 0.310 e. The molecule has 0 amide bonds. The van der Waals surface area contributed by atoms with Crippen LogP contribution in [0.5, 0.6) is 11.5 Å². The van der Waals surface area contributed by atoms with Crippen LogP contribution in [0.2, 0.25) is 0 Å². The molecule has 3 heteroatoms. The average Bonchev–Trinajstić information content (AvgIpc) is 2.83. The number of phenols is 1. The van der Waals surface area contributed by atoms with Gasteiger partial charge in [0.2, 0.25) is 0 Å². The molecule has 0 unspecified atom stereocenters. The average molecular weight is 531 g/mol. The van der Waals surface area contributed by atoms with Crippen LogP contribution in [-0.2, 0) is 22.0 Å². The van der Waals surface area contributed by atoms with Crippen LogP contribution in [0.4, 0.5) is 0 Å². The lowest BCUT2D eigenvalue weighted by atomic mass is 9.76. The van der Waals surface area contributed by atoms with Crippen molar-refractivity contribution in [2.45, 2.75) is 182 Å². The van der Waals surface area contributed by atoms with Crippen molar-refractivity contribution >= 4 is 5.97 Å². The lowest BCUT2D eigenvalue weighted by molar-refractivity contribution is -0.134. The van der Waals surface area contributed by atoms with Crippen molar-refractivity contribution in [3.05, 3.63) is 22.8 Å². The number of ether oxygens (including phenoxy) is 1. The molecule has 0 atom stereocenters. The van der Waals surface area contributed by atoms with E-state index in [0.29, 0.717) is 17.9 Å². The molecule has 1 N–H and O–H groups in total. The fourth-order valence-corrected chi connectivity index (χ4v) is 5.45. The topological polar surface area (TPSA) is 46.5 Å². The van der Waals surface area contributed by atoms with Gasteiger partial charge in [-0.2, -0.15) is 0 Å². The Balaban J connectivity index is 2.54. The quantitative estimate of drug-likeness (QED) is 0.110. The van der Waals surface area contributed by atoms with Crippen molar-refractivity contribution in [2.24, 2.45) is 0 Å². The summed E-state index contributed by atoms with van der Waals surface area (Å²) in [7, 11) is 0. The monoisotopic (exact) mass is 530 g/mol. The number of aromatic hydroxyl groups is 1. The number of rotatable bonds is 19. The first-order valence-corrected chi connectivity index (χ1v) is 16.0. The smallest absolute Gasteiger partial charge is 0.310 e. The third kappa shape index (κ3) is 13.0. The predicted molar refractivity (Wildman–Crippen MR) is 165 cm³/mol. The van der Waals surface area contributed by atoms with E-state index in [1.165, 1.54) is 96.3 Å². The van der Waals surface area contributed by atoms with Crippen molar-refractivity contribution in [1.82, 2.24) is 0 Å². The highest BCUT2D eigenvalue weighted by molar-refractivity contribution is 5.73. The maximum absolute atomic E-state index is 12.3. The number of carbonyl (C=O) groups is 1. The molecule has 0 fully saturated rings. The largest absolute Gasteiger partial charge is 0.507 e. The van der Waals surface area contributed by atoms with E-state index in [0.717, 1.165) is 29.5 Å². The normalized spacial score (nSPS) is 12.2. The molecule has 0 aliphatic rings. The van der Waals surface area contributed by atoms with Crippen LogP contribution in [0, 0.1) is 0 Å². The van der Waals surface area contributed by atoms with Crippen LogP contribution >= 0.6 is 0 Å². The second-order valence-electron chi connectivity index (χ2n) is 13.5. The van der Waals surface area contributed by atoms with E-state index < -0.39 is 0 Å². The van der Waals surface area contributed by atoms with Gasteiger partial charge in [-0.15, -0.1) is 0 Å². The zero-order valence-corrected chi connectivity index (χ0v) is 26.6. The first-order valence-electron chi connectivity index (χ1n) is 16.0. The van der Waals surface area contributed by atoms with E-state index in [-0.39, 0.29) is 16.8 Å². The van der Waals surface area contributed by atoms with Gasteiger partial charge in [0.15, 0.2) is 0 Å². The molecule has 1 rings (SSSR count). The van der Waals surface area contributed by atoms with E-state index in [4.69, 9.17) is 4.74 Å². The van der Waals surface area contributed by atoms with Crippen molar-refractivity contribution in [3.63, 3.8) is 0 Å². The Kier molecular flexibility index (Phi) is 16.3. The van der Waals surface area contributed by atoms with E-state index in [9.17, 15) is 9.90 Å². The van der Waals surface area contributed by atoms with Crippen LogP contribution in [0.15, 0.2) is 6.07 Å². The van der Waals surface area contributed by atoms with Gasteiger partial charge in [0.25, 0.3) is 0 Å². The molecule has 1 aromatic rings. The number of unbranched alkanes of at least 4 members (excludes halogenated alkanes) is 15. The summed E-state index contributed by atoms with van der Waals surface area (Å²) < 4.78 is 5.85. The van der Waals surface area contributed by atoms with Crippen LogP contribution in [-0.4, -0.2) is 11.1 Å². The number of esters is 1. The maximum atomic E-state index is 12.3. The highest BCUT2D eigenvalue weighted by atomic mass is 16.5. The predicted octanol–water partition coefficient (Wildman–Crippen LogP) is 11.1. The second kappa shape index (κ2) is 18.0. The molecule has 38 heavy (non-hydrogen) atoms. The summed E-state index contributed by atoms with van der Waals surface area (Å²) in [6.07, 6.45) is 22.7. The Hall–Kier alpha value is -1.51. The Morgan fingerprint density at radius 3 is 1.47 bits per heavy atom. The summed E-state index contributed by atoms with van der Waals surface area (Å²) in [5.74, 6) is 0.793. The fraction of sp³-hybridized carbons (Fsp3) is 0.800. The van der Waals surface area contributed by atoms with Crippen LogP contribution < -0.4 is 4.74 Å². The molecule has 0 aliphatic carbocycles. The second-order valence-corrected chi connectivity index (χ2v) is 13.5. The molecule has 0 spiro atoms. The van der Waals surface area contributed by atoms with Crippen molar-refractivity contribution in [2.75, 3.05) is 0 Å². The summed E-state index contributed by atoms with van der Waals surface area (Å²) in [4.78, 5) is 12.3. The molecule has 0 aliphatic heterocycles. The van der Waals surface area contributed by atoms with Gasteiger partial charge >= 0.3 is 5.97 Å². The van der Waals surface area contributed by atoms with Crippen LogP contribution in [0.1, 0.15) is 181 Å². The minimum absolute atomic E-state index is 0.219. The van der Waals surface area contributed by atoms with Crippen molar-refractivity contribution in [1.29, 1.82) is 0 Å². The van der Waals surface area contributed by atoms with Gasteiger partial charge in [-0.3, -0.25) is 4.79 Å². The molecule has 0 saturated heterocycles. The Morgan fingerprint density at radius 1 is 0.684 bits per heavy atom. The van der Waals surface area contributed by atoms with E-state index in [1.807, 2.05) is 13.0 Å². The van der Waals surface area contributed by atoms with Gasteiger partial charge < -0.3 is 9.84 Å². The SMILES string of the molecule is CCCCCCCCCCCCCCCCCCc1c(OC(=O)CC)cc(C(C)(C)C)c(O)c1C(C)(C)C. The lowest BCUT2D eigenvalue weighted by Gasteiger charge is -2.31. The summed E-state index contributed by atoms with van der Waals surface area (Å²) in [6.45, 7) is 16.8. The van der Waals surface area contributed by atoms with Gasteiger partial charge in [-0.05, 0) is 29.7 Å². The van der Waals surface area contributed by atoms with Gasteiger partial charge in [0, 0.05) is 23.1 Å². The summed E-state index contributed by atoms with van der Waals surface area (Å²) in [5.41, 5.74) is 2.30. The number of hydrogen-bond acceptors (Lipinski definition) is 3. The number of carbonyl (C=O) groups excluding carboxylic acids is 1. The van der Waals surface area contributed by atoms with Gasteiger partial charge in [0.05, 0.1) is 0 Å². The zero-order valence-electron chi connectivity index (χ0n) is 26.6. The van der Waals surface area contributed by atoms with E-state index >= 15 is 0 Å². The zero-order chi connectivity index (χ0) is 28.6. The Labute approximate surface area is 236 Å². The van der Waals surface area contributed by atoms with Crippen LogP contribution in [0.3, 0.4) is 0 Å². The summed E-state index contributed by atoms with van der Waals surface area (Å²) in [5, 5.41) is 11.4. The lowest BCUT2D eigenvalue weighted by Crippen LogP contribution is -2.21. The molecular formula is C35H62O3. The summed E-state index contributed by atoms with van der Waals surface area (Å²) in [6, 6.07) is 1.92. The van der Waals surface area contributed by atoms with Crippen molar-refractivity contribution < 1.29 is 14.6 Å². The van der Waals surface area contributed by atoms with Gasteiger partial charge in [0.1, 0.15) is 11.5 Å². The molecular weight excluding hydrogens is 468 g/mol. The third-order valence-electron chi connectivity index (χ3n) is 7.72. The standard InChI is InChI=1S/C35H62O3/c1-9-11-12-13-14-15-16-17-18-19-20-21-22-23-24-25-26-28-30(38-31(36)10-2)27-29(34(3,4)5)33(37)32(28)35(6,7)8/h27,37H,9-26H2,1-8H3. The molecule has 3 nitrogen and oxygen atoms in total. The minimum atomic E-state index is -0.247. The van der Waals surface area contributed by atoms with Gasteiger partial charge in [-0.1, -0.05) is 152 Å². The van der Waals surface area contributed by atoms with E-state index in [1.54, 1.807) is 0 Å². The number of hydrogen-bond donors (Lipinski definition) is 1.